The van der Waals surface area contributed by atoms with Crippen LogP contribution in [0.5, 0.6) is 5.75 Å². The third-order valence-electron chi connectivity index (χ3n) is 3.05. The van der Waals surface area contributed by atoms with E-state index in [4.69, 9.17) is 19.7 Å². The zero-order valence-electron chi connectivity index (χ0n) is 10.5. The van der Waals surface area contributed by atoms with Crippen LogP contribution in [0, 0.1) is 0 Å². The summed E-state index contributed by atoms with van der Waals surface area (Å²) in [5.74, 6) is 0.0154. The van der Waals surface area contributed by atoms with Crippen molar-refractivity contribution in [1.82, 2.24) is 4.98 Å². The normalized spacial score (nSPS) is 34.1. The zero-order chi connectivity index (χ0) is 14.7. The molecular formula is C12H17NO7. The molecule has 2 rings (SSSR count). The maximum atomic E-state index is 9.74. The van der Waals surface area contributed by atoms with Gasteiger partial charge in [0.1, 0.15) is 30.2 Å². The Kier molecular flexibility index (Phi) is 4.86. The highest BCUT2D eigenvalue weighted by molar-refractivity contribution is 5.17. The Morgan fingerprint density at radius 1 is 1.15 bits per heavy atom. The summed E-state index contributed by atoms with van der Waals surface area (Å²) in [5.41, 5.74) is 0.486. The lowest BCUT2D eigenvalue weighted by atomic mass is 9.99. The minimum atomic E-state index is -1.47. The number of nitrogens with zero attached hydrogens (tertiary/aromatic N) is 1. The summed E-state index contributed by atoms with van der Waals surface area (Å²) in [5, 5.41) is 47.0. The Morgan fingerprint density at radius 2 is 1.90 bits per heavy atom. The van der Waals surface area contributed by atoms with Crippen LogP contribution in [0.25, 0.3) is 0 Å². The van der Waals surface area contributed by atoms with E-state index in [9.17, 15) is 15.3 Å². The van der Waals surface area contributed by atoms with E-state index in [2.05, 4.69) is 4.98 Å². The molecule has 0 bridgehead atoms. The molecule has 0 aromatic carbocycles. The second-order valence-corrected chi connectivity index (χ2v) is 4.52. The monoisotopic (exact) mass is 287 g/mol. The number of pyridine rings is 1. The van der Waals surface area contributed by atoms with Crippen molar-refractivity contribution in [2.45, 2.75) is 37.3 Å². The Labute approximate surface area is 114 Å². The summed E-state index contributed by atoms with van der Waals surface area (Å²) < 4.78 is 10.4. The smallest absolute Gasteiger partial charge is 0.187 e. The number of aromatic nitrogens is 1. The fourth-order valence-electron chi connectivity index (χ4n) is 1.87. The van der Waals surface area contributed by atoms with Gasteiger partial charge in [-0.25, -0.2) is 0 Å². The van der Waals surface area contributed by atoms with Gasteiger partial charge in [0.15, 0.2) is 6.29 Å². The Bertz CT molecular complexity index is 424. The van der Waals surface area contributed by atoms with Crippen molar-refractivity contribution < 1.29 is 35.0 Å². The molecule has 1 saturated heterocycles. The van der Waals surface area contributed by atoms with Crippen LogP contribution in [0.4, 0.5) is 0 Å². The highest BCUT2D eigenvalue weighted by Gasteiger charge is 2.43. The van der Waals surface area contributed by atoms with Crippen LogP contribution >= 0.6 is 0 Å². The van der Waals surface area contributed by atoms with Crippen molar-refractivity contribution in [1.29, 1.82) is 0 Å². The van der Waals surface area contributed by atoms with E-state index in [1.54, 1.807) is 0 Å². The number of aliphatic hydroxyl groups excluding tert-OH is 4. The number of ether oxygens (including phenoxy) is 2. The van der Waals surface area contributed by atoms with Gasteiger partial charge in [-0.2, -0.15) is 0 Å². The predicted molar refractivity (Wildman–Crippen MR) is 64.5 cm³/mol. The van der Waals surface area contributed by atoms with E-state index in [-0.39, 0.29) is 12.4 Å². The van der Waals surface area contributed by atoms with E-state index >= 15 is 0 Å². The highest BCUT2D eigenvalue weighted by atomic mass is 16.7. The average Bonchev–Trinajstić information content (AvgIpc) is 2.46. The molecule has 8 heteroatoms. The van der Waals surface area contributed by atoms with Gasteiger partial charge < -0.3 is 35.0 Å². The van der Waals surface area contributed by atoms with E-state index in [0.29, 0.717) is 5.69 Å². The number of hydrogen-bond donors (Lipinski definition) is 5. The maximum absolute atomic E-state index is 9.74. The van der Waals surface area contributed by atoms with Crippen LogP contribution in [0.15, 0.2) is 18.3 Å². The van der Waals surface area contributed by atoms with Gasteiger partial charge in [0.2, 0.25) is 0 Å². The third-order valence-corrected chi connectivity index (χ3v) is 3.05. The van der Waals surface area contributed by atoms with Gasteiger partial charge in [0.05, 0.1) is 25.1 Å². The lowest BCUT2D eigenvalue weighted by Gasteiger charge is -2.39. The average molecular weight is 287 g/mol. The van der Waals surface area contributed by atoms with E-state index in [1.807, 2.05) is 0 Å². The van der Waals surface area contributed by atoms with Crippen molar-refractivity contribution in [2.24, 2.45) is 0 Å². The van der Waals surface area contributed by atoms with Gasteiger partial charge in [0, 0.05) is 0 Å². The van der Waals surface area contributed by atoms with Gasteiger partial charge >= 0.3 is 0 Å². The molecule has 0 saturated carbocycles. The van der Waals surface area contributed by atoms with Crippen LogP contribution in [-0.4, -0.2) is 67.8 Å². The van der Waals surface area contributed by atoms with Crippen molar-refractivity contribution in [3.05, 3.63) is 24.0 Å². The molecule has 5 N–H and O–H groups in total. The summed E-state index contributed by atoms with van der Waals surface area (Å²) in [7, 11) is 0. The molecule has 1 fully saturated rings. The maximum Gasteiger partial charge on any atom is 0.187 e. The first-order chi connectivity index (χ1) is 9.52. The zero-order valence-corrected chi connectivity index (χ0v) is 10.5. The molecule has 1 aliphatic heterocycles. The van der Waals surface area contributed by atoms with Crippen LogP contribution < -0.4 is 0 Å². The van der Waals surface area contributed by atoms with Crippen LogP contribution in [0.3, 0.4) is 0 Å². The SMILES string of the molecule is OC[C@H]1O[C@H](OCc2ccc(O)cn2)[C@H](O)[C@@H](O)[C@@H]1O. The summed E-state index contributed by atoms with van der Waals surface area (Å²) in [6.45, 7) is -0.536. The highest BCUT2D eigenvalue weighted by Crippen LogP contribution is 2.22. The van der Waals surface area contributed by atoms with Gasteiger partial charge in [-0.05, 0) is 12.1 Å². The minimum absolute atomic E-state index is 0.0154. The van der Waals surface area contributed by atoms with E-state index < -0.39 is 37.3 Å². The quantitative estimate of drug-likeness (QED) is 0.434. The van der Waals surface area contributed by atoms with Crippen molar-refractivity contribution in [3.63, 3.8) is 0 Å². The standard InChI is InChI=1S/C12H17NO7/c14-4-8-9(16)10(17)11(18)12(20-8)19-5-6-1-2-7(15)3-13-6/h1-3,8-12,14-18H,4-5H2/t8-,9-,10+,11-,12+/m1/s1. The fraction of sp³-hybridized carbons (Fsp3) is 0.583. The summed E-state index contributed by atoms with van der Waals surface area (Å²) in [4.78, 5) is 3.89. The molecule has 20 heavy (non-hydrogen) atoms. The molecule has 0 spiro atoms. The first-order valence-corrected chi connectivity index (χ1v) is 6.09. The Hall–Kier alpha value is -1.29. The molecule has 0 unspecified atom stereocenters. The van der Waals surface area contributed by atoms with Gasteiger partial charge in [-0.3, -0.25) is 4.98 Å². The second kappa shape index (κ2) is 6.44. The predicted octanol–water partition coefficient (Wildman–Crippen LogP) is -1.90. The van der Waals surface area contributed by atoms with Crippen LogP contribution in [0.1, 0.15) is 5.69 Å². The van der Waals surface area contributed by atoms with E-state index in [0.717, 1.165) is 0 Å². The topological polar surface area (TPSA) is 132 Å². The number of aliphatic hydroxyl groups is 4. The van der Waals surface area contributed by atoms with Gasteiger partial charge in [-0.15, -0.1) is 0 Å². The lowest BCUT2D eigenvalue weighted by Crippen LogP contribution is -2.59. The lowest BCUT2D eigenvalue weighted by molar-refractivity contribution is -0.304. The fourth-order valence-corrected chi connectivity index (χ4v) is 1.87. The number of hydrogen-bond acceptors (Lipinski definition) is 8. The van der Waals surface area contributed by atoms with Crippen LogP contribution in [-0.2, 0) is 16.1 Å². The van der Waals surface area contributed by atoms with Crippen LogP contribution in [0.2, 0.25) is 0 Å². The van der Waals surface area contributed by atoms with E-state index in [1.165, 1.54) is 18.3 Å². The molecule has 1 aromatic heterocycles. The molecule has 0 amide bonds. The molecule has 1 aromatic rings. The molecule has 5 atom stereocenters. The van der Waals surface area contributed by atoms with Gasteiger partial charge in [0.25, 0.3) is 0 Å². The first-order valence-electron chi connectivity index (χ1n) is 6.09. The Morgan fingerprint density at radius 3 is 2.50 bits per heavy atom. The second-order valence-electron chi connectivity index (χ2n) is 4.52. The molecule has 112 valence electrons. The Balaban J connectivity index is 1.95. The molecular weight excluding hydrogens is 270 g/mol. The summed E-state index contributed by atoms with van der Waals surface area (Å²) >= 11 is 0. The first kappa shape index (κ1) is 15.1. The minimum Gasteiger partial charge on any atom is -0.506 e. The molecule has 1 aliphatic rings. The molecule has 8 nitrogen and oxygen atoms in total. The summed E-state index contributed by atoms with van der Waals surface area (Å²) in [6, 6.07) is 2.96. The van der Waals surface area contributed by atoms with Crippen molar-refractivity contribution in [2.75, 3.05) is 6.61 Å². The number of aromatic hydroxyl groups is 1. The van der Waals surface area contributed by atoms with Crippen molar-refractivity contribution >= 4 is 0 Å². The molecule has 2 heterocycles. The van der Waals surface area contributed by atoms with Gasteiger partial charge in [-0.1, -0.05) is 0 Å². The van der Waals surface area contributed by atoms with Crippen molar-refractivity contribution in [3.8, 4) is 5.75 Å². The number of rotatable bonds is 4. The largest absolute Gasteiger partial charge is 0.506 e. The molecule has 0 aliphatic carbocycles. The summed E-state index contributed by atoms with van der Waals surface area (Å²) in [6.07, 6.45) is -5.29. The molecule has 0 radical (unpaired) electrons. The third kappa shape index (κ3) is 3.23.